The molecule has 3 aromatic rings. The summed E-state index contributed by atoms with van der Waals surface area (Å²) in [5.74, 6) is -1.96. The van der Waals surface area contributed by atoms with Crippen molar-refractivity contribution in [1.82, 2.24) is 4.90 Å². The number of benzene rings is 3. The molecule has 162 valence electrons. The van der Waals surface area contributed by atoms with Crippen LogP contribution in [0, 0.1) is 11.6 Å². The maximum Gasteiger partial charge on any atom is 0.332 e. The Balaban J connectivity index is 1.60. The van der Waals surface area contributed by atoms with Gasteiger partial charge < -0.3 is 10.2 Å². The van der Waals surface area contributed by atoms with Crippen LogP contribution in [0.4, 0.5) is 25.0 Å². The highest BCUT2D eigenvalue weighted by Gasteiger charge is 2.46. The average Bonchev–Trinajstić information content (AvgIpc) is 3.00. The average molecular weight is 435 g/mol. The number of urea groups is 1. The van der Waals surface area contributed by atoms with Crippen LogP contribution < -0.4 is 10.2 Å². The van der Waals surface area contributed by atoms with Gasteiger partial charge in [0, 0.05) is 12.2 Å². The number of hydrogen-bond donors (Lipinski definition) is 1. The summed E-state index contributed by atoms with van der Waals surface area (Å²) in [7, 11) is 0. The Morgan fingerprint density at radius 3 is 2.06 bits per heavy atom. The second-order valence-corrected chi connectivity index (χ2v) is 7.32. The van der Waals surface area contributed by atoms with E-state index in [1.165, 1.54) is 41.3 Å². The van der Waals surface area contributed by atoms with E-state index < -0.39 is 35.5 Å². The molecule has 1 N–H and O–H groups in total. The van der Waals surface area contributed by atoms with Crippen LogP contribution in [0.2, 0.25) is 0 Å². The van der Waals surface area contributed by atoms with Gasteiger partial charge in [-0.3, -0.25) is 9.59 Å². The van der Waals surface area contributed by atoms with Crippen molar-refractivity contribution in [2.45, 2.75) is 19.0 Å². The fraction of sp³-hybridized carbons (Fsp3) is 0.125. The van der Waals surface area contributed by atoms with Gasteiger partial charge in [-0.15, -0.1) is 0 Å². The minimum Gasteiger partial charge on any atom is -0.326 e. The Bertz CT molecular complexity index is 1140. The molecule has 1 atom stereocenters. The maximum atomic E-state index is 13.3. The molecule has 1 aliphatic heterocycles. The van der Waals surface area contributed by atoms with Crippen molar-refractivity contribution in [3.63, 3.8) is 0 Å². The molecule has 4 rings (SSSR count). The smallest absolute Gasteiger partial charge is 0.326 e. The summed E-state index contributed by atoms with van der Waals surface area (Å²) in [6.07, 6.45) is -0.266. The van der Waals surface area contributed by atoms with Gasteiger partial charge in [0.2, 0.25) is 5.91 Å². The molecule has 4 amide bonds. The summed E-state index contributed by atoms with van der Waals surface area (Å²) in [6, 6.07) is 17.5. The fourth-order valence-corrected chi connectivity index (χ4v) is 3.54. The predicted molar refractivity (Wildman–Crippen MR) is 115 cm³/mol. The van der Waals surface area contributed by atoms with Gasteiger partial charge in [0.05, 0.1) is 12.1 Å². The first-order valence-electron chi connectivity index (χ1n) is 9.92. The van der Waals surface area contributed by atoms with Crippen molar-refractivity contribution in [3.8, 4) is 0 Å². The molecule has 0 aromatic heterocycles. The largest absolute Gasteiger partial charge is 0.332 e. The SMILES string of the molecule is O=C(C[C@@H]1C(=O)N(c2ccc(F)cc2)C(=O)N1Cc1ccc(F)cc1)Nc1ccccc1. The van der Waals surface area contributed by atoms with Crippen LogP contribution in [0.25, 0.3) is 0 Å². The standard InChI is InChI=1S/C24H19F2N3O3/c25-17-8-6-16(7-9-17)15-28-21(14-22(30)27-19-4-2-1-3-5-19)23(31)29(24(28)32)20-12-10-18(26)11-13-20/h1-13,21H,14-15H2,(H,27,30)/t21-/m1/s1. The molecular weight excluding hydrogens is 416 g/mol. The number of para-hydroxylation sites is 1. The molecule has 0 saturated carbocycles. The van der Waals surface area contributed by atoms with E-state index in [1.54, 1.807) is 30.3 Å². The molecule has 1 aliphatic rings. The summed E-state index contributed by atoms with van der Waals surface area (Å²) in [4.78, 5) is 41.2. The molecule has 3 aromatic carbocycles. The van der Waals surface area contributed by atoms with E-state index in [-0.39, 0.29) is 18.7 Å². The number of halogens is 2. The third-order valence-corrected chi connectivity index (χ3v) is 5.11. The lowest BCUT2D eigenvalue weighted by Gasteiger charge is -2.21. The number of imide groups is 1. The zero-order chi connectivity index (χ0) is 22.7. The normalized spacial score (nSPS) is 15.9. The van der Waals surface area contributed by atoms with Crippen molar-refractivity contribution in [2.24, 2.45) is 0 Å². The van der Waals surface area contributed by atoms with Gasteiger partial charge in [0.25, 0.3) is 5.91 Å². The van der Waals surface area contributed by atoms with Crippen LogP contribution >= 0.6 is 0 Å². The Morgan fingerprint density at radius 1 is 0.844 bits per heavy atom. The van der Waals surface area contributed by atoms with Crippen molar-refractivity contribution < 1.29 is 23.2 Å². The number of carbonyl (C=O) groups is 3. The molecule has 32 heavy (non-hydrogen) atoms. The van der Waals surface area contributed by atoms with Crippen molar-refractivity contribution >= 4 is 29.2 Å². The molecule has 1 fully saturated rings. The zero-order valence-electron chi connectivity index (χ0n) is 16.9. The molecule has 0 aliphatic carbocycles. The highest BCUT2D eigenvalue weighted by Crippen LogP contribution is 2.29. The van der Waals surface area contributed by atoms with Crippen LogP contribution in [-0.4, -0.2) is 28.8 Å². The van der Waals surface area contributed by atoms with Gasteiger partial charge in [0.15, 0.2) is 0 Å². The molecule has 0 radical (unpaired) electrons. The Morgan fingerprint density at radius 2 is 1.44 bits per heavy atom. The van der Waals surface area contributed by atoms with Crippen LogP contribution in [-0.2, 0) is 16.1 Å². The minimum absolute atomic E-state index is 0.00579. The van der Waals surface area contributed by atoms with Crippen LogP contribution in [0.5, 0.6) is 0 Å². The van der Waals surface area contributed by atoms with Gasteiger partial charge in [-0.25, -0.2) is 18.5 Å². The van der Waals surface area contributed by atoms with Gasteiger partial charge in [-0.2, -0.15) is 0 Å². The lowest BCUT2D eigenvalue weighted by molar-refractivity contribution is -0.124. The highest BCUT2D eigenvalue weighted by molar-refractivity contribution is 6.22. The number of amides is 4. The third kappa shape index (κ3) is 4.49. The van der Waals surface area contributed by atoms with E-state index in [0.717, 1.165) is 17.0 Å². The van der Waals surface area contributed by atoms with Gasteiger partial charge in [-0.1, -0.05) is 30.3 Å². The number of carbonyl (C=O) groups excluding carboxylic acids is 3. The lowest BCUT2D eigenvalue weighted by Crippen LogP contribution is -2.37. The highest BCUT2D eigenvalue weighted by atomic mass is 19.1. The van der Waals surface area contributed by atoms with Crippen LogP contribution in [0.1, 0.15) is 12.0 Å². The van der Waals surface area contributed by atoms with Gasteiger partial charge >= 0.3 is 6.03 Å². The Kier molecular flexibility index (Phi) is 5.93. The number of anilines is 2. The molecule has 0 unspecified atom stereocenters. The summed E-state index contributed by atoms with van der Waals surface area (Å²) in [6.45, 7) is 0.00579. The number of hydrogen-bond acceptors (Lipinski definition) is 3. The summed E-state index contributed by atoms with van der Waals surface area (Å²) in [5, 5.41) is 2.71. The van der Waals surface area contributed by atoms with E-state index in [4.69, 9.17) is 0 Å². The van der Waals surface area contributed by atoms with Crippen LogP contribution in [0.15, 0.2) is 78.9 Å². The monoisotopic (exact) mass is 435 g/mol. The van der Waals surface area contributed by atoms with Crippen LogP contribution in [0.3, 0.4) is 0 Å². The molecule has 6 nitrogen and oxygen atoms in total. The molecule has 1 heterocycles. The topological polar surface area (TPSA) is 69.7 Å². The minimum atomic E-state index is -1.07. The molecule has 1 saturated heterocycles. The fourth-order valence-electron chi connectivity index (χ4n) is 3.54. The first-order chi connectivity index (χ1) is 15.4. The number of rotatable bonds is 6. The van der Waals surface area contributed by atoms with Crippen molar-refractivity contribution in [2.75, 3.05) is 10.2 Å². The first-order valence-corrected chi connectivity index (χ1v) is 9.92. The van der Waals surface area contributed by atoms with E-state index in [9.17, 15) is 23.2 Å². The molecular formula is C24H19F2N3O3. The molecule has 0 spiro atoms. The van der Waals surface area contributed by atoms with E-state index in [2.05, 4.69) is 5.32 Å². The summed E-state index contributed by atoms with van der Waals surface area (Å²) >= 11 is 0. The quantitative estimate of drug-likeness (QED) is 0.586. The van der Waals surface area contributed by atoms with E-state index >= 15 is 0 Å². The zero-order valence-corrected chi connectivity index (χ0v) is 16.9. The van der Waals surface area contributed by atoms with Gasteiger partial charge in [0.1, 0.15) is 17.7 Å². The van der Waals surface area contributed by atoms with Crippen molar-refractivity contribution in [1.29, 1.82) is 0 Å². The molecule has 0 bridgehead atoms. The predicted octanol–water partition coefficient (Wildman–Crippen LogP) is 4.33. The molecule has 8 heteroatoms. The van der Waals surface area contributed by atoms with E-state index in [1.807, 2.05) is 0 Å². The Hall–Kier alpha value is -4.07. The Labute approximate surface area is 183 Å². The maximum absolute atomic E-state index is 13.3. The third-order valence-electron chi connectivity index (χ3n) is 5.11. The first kappa shape index (κ1) is 21.2. The number of nitrogens with zero attached hydrogens (tertiary/aromatic N) is 2. The number of nitrogens with one attached hydrogen (secondary N) is 1. The summed E-state index contributed by atoms with van der Waals surface area (Å²) in [5.41, 5.74) is 1.37. The second kappa shape index (κ2) is 8.97. The van der Waals surface area contributed by atoms with Gasteiger partial charge in [-0.05, 0) is 54.1 Å². The second-order valence-electron chi connectivity index (χ2n) is 7.32. The van der Waals surface area contributed by atoms with E-state index in [0.29, 0.717) is 11.3 Å². The van der Waals surface area contributed by atoms with Crippen molar-refractivity contribution in [3.05, 3.63) is 96.1 Å². The summed E-state index contributed by atoms with van der Waals surface area (Å²) < 4.78 is 26.6. The lowest BCUT2D eigenvalue weighted by atomic mass is 10.1.